The van der Waals surface area contributed by atoms with Gasteiger partial charge in [-0.15, -0.1) is 0 Å². The number of piperidine rings is 1. The Morgan fingerprint density at radius 3 is 2.45 bits per heavy atom. The Hall–Kier alpha value is -2.70. The molecule has 2 aliphatic rings. The number of halogens is 2. The smallest absolute Gasteiger partial charge is 0.303 e. The fourth-order valence-corrected chi connectivity index (χ4v) is 3.84. The Kier molecular flexibility index (Phi) is 5.65. The monoisotopic (exact) mass is 402 g/mol. The van der Waals surface area contributed by atoms with Gasteiger partial charge in [-0.3, -0.25) is 4.79 Å². The Bertz CT molecular complexity index is 870. The second-order valence-corrected chi connectivity index (χ2v) is 7.93. The largest absolute Gasteiger partial charge is 0.481 e. The second-order valence-electron chi connectivity index (χ2n) is 7.93. The molecule has 1 aliphatic heterocycles. The summed E-state index contributed by atoms with van der Waals surface area (Å²) in [6, 6.07) is 6.11. The van der Waals surface area contributed by atoms with E-state index in [-0.39, 0.29) is 18.0 Å². The highest BCUT2D eigenvalue weighted by atomic mass is 19.1. The summed E-state index contributed by atoms with van der Waals surface area (Å²) >= 11 is 0. The van der Waals surface area contributed by atoms with E-state index >= 15 is 0 Å². The molecule has 1 saturated carbocycles. The molecule has 1 aromatic heterocycles. The maximum atomic E-state index is 14.9. The first-order valence-electron chi connectivity index (χ1n) is 10.0. The van der Waals surface area contributed by atoms with Crippen molar-refractivity contribution in [3.05, 3.63) is 42.1 Å². The van der Waals surface area contributed by atoms with E-state index in [4.69, 9.17) is 9.84 Å². The zero-order valence-electron chi connectivity index (χ0n) is 16.1. The zero-order valence-corrected chi connectivity index (χ0v) is 16.1. The van der Waals surface area contributed by atoms with Gasteiger partial charge in [0.25, 0.3) is 0 Å². The number of anilines is 1. The summed E-state index contributed by atoms with van der Waals surface area (Å²) in [5.41, 5.74) is 0.910. The normalized spacial score (nSPS) is 17.4. The fraction of sp³-hybridized carbons (Fsp3) is 0.455. The Labute approximate surface area is 168 Å². The Morgan fingerprint density at radius 1 is 1.14 bits per heavy atom. The molecule has 1 saturated heterocycles. The predicted molar refractivity (Wildman–Crippen MR) is 105 cm³/mol. The van der Waals surface area contributed by atoms with E-state index in [1.165, 1.54) is 12.1 Å². The van der Waals surface area contributed by atoms with Crippen LogP contribution in [0, 0.1) is 23.5 Å². The van der Waals surface area contributed by atoms with Crippen LogP contribution >= 0.6 is 0 Å². The van der Waals surface area contributed by atoms with Gasteiger partial charge in [-0.05, 0) is 67.3 Å². The third-order valence-corrected chi connectivity index (χ3v) is 5.65. The van der Waals surface area contributed by atoms with Crippen LogP contribution in [0.2, 0.25) is 0 Å². The molecule has 0 bridgehead atoms. The van der Waals surface area contributed by atoms with E-state index in [1.807, 2.05) is 0 Å². The predicted octanol–water partition coefficient (Wildman–Crippen LogP) is 4.51. The van der Waals surface area contributed by atoms with Crippen LogP contribution in [0.25, 0.3) is 11.1 Å². The number of aromatic nitrogens is 1. The van der Waals surface area contributed by atoms with Crippen molar-refractivity contribution in [2.75, 3.05) is 24.6 Å². The van der Waals surface area contributed by atoms with E-state index in [9.17, 15) is 13.6 Å². The van der Waals surface area contributed by atoms with Gasteiger partial charge >= 0.3 is 5.97 Å². The molecular formula is C22H24F2N2O3. The van der Waals surface area contributed by atoms with Crippen molar-refractivity contribution >= 4 is 11.7 Å². The molecule has 1 N–H and O–H groups in total. The van der Waals surface area contributed by atoms with Crippen molar-refractivity contribution in [3.8, 4) is 17.0 Å². The lowest BCUT2D eigenvalue weighted by molar-refractivity contribution is -0.138. The molecule has 4 rings (SSSR count). The number of rotatable bonds is 7. The van der Waals surface area contributed by atoms with Crippen molar-refractivity contribution in [3.63, 3.8) is 0 Å². The number of aliphatic carboxylic acids is 1. The van der Waals surface area contributed by atoms with E-state index in [1.54, 1.807) is 23.2 Å². The molecule has 2 heterocycles. The highest BCUT2D eigenvalue weighted by Crippen LogP contribution is 2.36. The molecule has 29 heavy (non-hydrogen) atoms. The first-order chi connectivity index (χ1) is 14.0. The third-order valence-electron chi connectivity index (χ3n) is 5.65. The minimum Gasteiger partial charge on any atom is -0.481 e. The molecule has 154 valence electrons. The lowest BCUT2D eigenvalue weighted by Crippen LogP contribution is -2.35. The maximum absolute atomic E-state index is 14.9. The van der Waals surface area contributed by atoms with Crippen molar-refractivity contribution in [2.45, 2.75) is 32.1 Å². The van der Waals surface area contributed by atoms with Gasteiger partial charge in [0.05, 0.1) is 6.61 Å². The molecule has 0 atom stereocenters. The molecule has 0 radical (unpaired) electrons. The number of hydrogen-bond donors (Lipinski definition) is 1. The molecule has 2 aromatic rings. The van der Waals surface area contributed by atoms with E-state index < -0.39 is 17.6 Å². The molecule has 1 aliphatic carbocycles. The maximum Gasteiger partial charge on any atom is 0.303 e. The lowest BCUT2D eigenvalue weighted by atomic mass is 9.93. The fourth-order valence-electron chi connectivity index (χ4n) is 3.84. The molecule has 0 unspecified atom stereocenters. The van der Waals surface area contributed by atoms with Crippen LogP contribution in [-0.4, -0.2) is 35.8 Å². The van der Waals surface area contributed by atoms with Gasteiger partial charge in [0.15, 0.2) is 0 Å². The summed E-state index contributed by atoms with van der Waals surface area (Å²) in [6.07, 6.45) is 5.20. The standard InChI is InChI=1S/C22H24F2N2O3/c23-18-11-16(17-2-1-7-25-22(17)29-13-15-3-4-15)12-19(24)21(18)26-8-5-14(6-9-26)10-20(27)28/h1-2,7,11-12,14-15H,3-6,8-10,13H2,(H,27,28). The minimum atomic E-state index is -0.832. The molecule has 0 amide bonds. The first kappa shape index (κ1) is 19.6. The van der Waals surface area contributed by atoms with Gasteiger partial charge in [0.1, 0.15) is 17.3 Å². The molecule has 2 fully saturated rings. The minimum absolute atomic E-state index is 0.0492. The average molecular weight is 402 g/mol. The van der Waals surface area contributed by atoms with Gasteiger partial charge in [-0.1, -0.05) is 0 Å². The highest BCUT2D eigenvalue weighted by Gasteiger charge is 2.26. The number of carboxylic acids is 1. The summed E-state index contributed by atoms with van der Waals surface area (Å²) in [5, 5.41) is 8.92. The van der Waals surface area contributed by atoms with E-state index in [2.05, 4.69) is 4.98 Å². The SMILES string of the molecule is O=C(O)CC1CCN(c2c(F)cc(-c3cccnc3OCC3CC3)cc2F)CC1. The van der Waals surface area contributed by atoms with Gasteiger partial charge in [0.2, 0.25) is 5.88 Å². The molecule has 1 aromatic carbocycles. The molecule has 5 nitrogen and oxygen atoms in total. The van der Waals surface area contributed by atoms with Crippen LogP contribution in [0.4, 0.5) is 14.5 Å². The number of carbonyl (C=O) groups is 1. The zero-order chi connectivity index (χ0) is 20.4. The van der Waals surface area contributed by atoms with Crippen LogP contribution < -0.4 is 9.64 Å². The quantitative estimate of drug-likeness (QED) is 0.739. The second kappa shape index (κ2) is 8.35. The molecular weight excluding hydrogens is 378 g/mol. The summed E-state index contributed by atoms with van der Waals surface area (Å²) in [6.45, 7) is 1.44. The van der Waals surface area contributed by atoms with E-state index in [0.29, 0.717) is 55.5 Å². The van der Waals surface area contributed by atoms with Crippen molar-refractivity contribution in [1.82, 2.24) is 4.98 Å². The Morgan fingerprint density at radius 2 is 1.83 bits per heavy atom. The summed E-state index contributed by atoms with van der Waals surface area (Å²) in [7, 11) is 0. The van der Waals surface area contributed by atoms with Gasteiger partial charge < -0.3 is 14.7 Å². The third kappa shape index (κ3) is 4.66. The van der Waals surface area contributed by atoms with E-state index in [0.717, 1.165) is 12.8 Å². The van der Waals surface area contributed by atoms with Crippen molar-refractivity contribution < 1.29 is 23.4 Å². The number of benzene rings is 1. The first-order valence-corrected chi connectivity index (χ1v) is 10.0. The number of nitrogens with zero attached hydrogens (tertiary/aromatic N) is 2. The summed E-state index contributed by atoms with van der Waals surface area (Å²) < 4.78 is 35.6. The van der Waals surface area contributed by atoms with Crippen LogP contribution in [-0.2, 0) is 4.79 Å². The molecule has 0 spiro atoms. The van der Waals surface area contributed by atoms with Crippen LogP contribution in [0.3, 0.4) is 0 Å². The van der Waals surface area contributed by atoms with Crippen LogP contribution in [0.15, 0.2) is 30.5 Å². The highest BCUT2D eigenvalue weighted by molar-refractivity contribution is 5.71. The van der Waals surface area contributed by atoms with Crippen molar-refractivity contribution in [1.29, 1.82) is 0 Å². The lowest BCUT2D eigenvalue weighted by Gasteiger charge is -2.33. The number of ether oxygens (including phenoxy) is 1. The van der Waals surface area contributed by atoms with Gasteiger partial charge in [-0.2, -0.15) is 0 Å². The topological polar surface area (TPSA) is 62.7 Å². The summed E-state index contributed by atoms with van der Waals surface area (Å²) in [5.74, 6) is -1.11. The summed E-state index contributed by atoms with van der Waals surface area (Å²) in [4.78, 5) is 16.8. The average Bonchev–Trinajstić information content (AvgIpc) is 3.51. The van der Waals surface area contributed by atoms with Crippen LogP contribution in [0.5, 0.6) is 5.88 Å². The van der Waals surface area contributed by atoms with Crippen LogP contribution in [0.1, 0.15) is 32.1 Å². The van der Waals surface area contributed by atoms with Crippen molar-refractivity contribution in [2.24, 2.45) is 11.8 Å². The molecule has 7 heteroatoms. The Balaban J connectivity index is 1.53. The number of pyridine rings is 1. The van der Waals surface area contributed by atoms with Gasteiger partial charge in [-0.25, -0.2) is 13.8 Å². The number of hydrogen-bond acceptors (Lipinski definition) is 4. The van der Waals surface area contributed by atoms with Gasteiger partial charge in [0, 0.05) is 31.3 Å². The number of carboxylic acid groups (broad SMARTS) is 1.